The molecular weight excluding hydrogens is 228 g/mol. The van der Waals surface area contributed by atoms with E-state index in [0.717, 1.165) is 25.0 Å². The summed E-state index contributed by atoms with van der Waals surface area (Å²) in [5, 5.41) is 0. The molecule has 1 spiro atoms. The minimum atomic E-state index is -0.328. The van der Waals surface area contributed by atoms with E-state index in [9.17, 15) is 4.79 Å². The average molecular weight is 244 g/mol. The molecule has 1 aromatic rings. The second-order valence-electron chi connectivity index (χ2n) is 5.06. The van der Waals surface area contributed by atoms with Crippen molar-refractivity contribution in [2.24, 2.45) is 0 Å². The van der Waals surface area contributed by atoms with Crippen molar-refractivity contribution in [1.82, 2.24) is 0 Å². The Morgan fingerprint density at radius 3 is 2.94 bits per heavy atom. The highest BCUT2D eigenvalue weighted by molar-refractivity contribution is 5.91. The molecule has 1 aliphatic carbocycles. The standard InChI is InChI=1S/C15H16O3/c1-17-14-3-2-11-4-6-15(9-12(11)8-14)10-13(16)5-7-18-15/h2-3,5,7-8H,4,6,9-10H2,1H3. The van der Waals surface area contributed by atoms with Gasteiger partial charge in [-0.15, -0.1) is 0 Å². The van der Waals surface area contributed by atoms with Crippen LogP contribution in [0.5, 0.6) is 5.75 Å². The van der Waals surface area contributed by atoms with Gasteiger partial charge in [0.25, 0.3) is 0 Å². The summed E-state index contributed by atoms with van der Waals surface area (Å²) < 4.78 is 11.0. The van der Waals surface area contributed by atoms with Gasteiger partial charge < -0.3 is 9.47 Å². The summed E-state index contributed by atoms with van der Waals surface area (Å²) in [5.41, 5.74) is 2.25. The molecule has 2 aliphatic rings. The van der Waals surface area contributed by atoms with E-state index in [2.05, 4.69) is 12.1 Å². The van der Waals surface area contributed by atoms with Gasteiger partial charge in [-0.05, 0) is 36.1 Å². The molecule has 0 bridgehead atoms. The zero-order chi connectivity index (χ0) is 12.6. The maximum absolute atomic E-state index is 11.6. The van der Waals surface area contributed by atoms with Gasteiger partial charge in [0.1, 0.15) is 11.4 Å². The van der Waals surface area contributed by atoms with Gasteiger partial charge in [0.2, 0.25) is 0 Å². The third-order valence-corrected chi connectivity index (χ3v) is 3.84. The number of carbonyl (C=O) groups is 1. The van der Waals surface area contributed by atoms with Crippen molar-refractivity contribution in [2.75, 3.05) is 7.11 Å². The van der Waals surface area contributed by atoms with Crippen molar-refractivity contribution in [2.45, 2.75) is 31.3 Å². The van der Waals surface area contributed by atoms with Gasteiger partial charge in [0.15, 0.2) is 5.78 Å². The lowest BCUT2D eigenvalue weighted by atomic mass is 9.77. The quantitative estimate of drug-likeness (QED) is 0.761. The molecule has 3 heteroatoms. The third kappa shape index (κ3) is 1.90. The number of methoxy groups -OCH3 is 1. The number of allylic oxidation sites excluding steroid dienone is 1. The highest BCUT2D eigenvalue weighted by Gasteiger charge is 2.39. The SMILES string of the molecule is COc1ccc2c(c1)CC1(CC2)CC(=O)C=CO1. The van der Waals surface area contributed by atoms with Crippen molar-refractivity contribution in [3.8, 4) is 5.75 Å². The first-order valence-corrected chi connectivity index (χ1v) is 6.24. The van der Waals surface area contributed by atoms with Crippen molar-refractivity contribution < 1.29 is 14.3 Å². The number of benzene rings is 1. The molecule has 94 valence electrons. The Balaban J connectivity index is 1.92. The fourth-order valence-corrected chi connectivity index (χ4v) is 2.86. The van der Waals surface area contributed by atoms with E-state index in [0.29, 0.717) is 6.42 Å². The van der Waals surface area contributed by atoms with Gasteiger partial charge in [0, 0.05) is 12.5 Å². The van der Waals surface area contributed by atoms with Crippen LogP contribution in [0.15, 0.2) is 30.5 Å². The molecule has 0 aromatic heterocycles. The van der Waals surface area contributed by atoms with Crippen LogP contribution in [0, 0.1) is 0 Å². The van der Waals surface area contributed by atoms with Crippen LogP contribution in [0.25, 0.3) is 0 Å². The van der Waals surface area contributed by atoms with Gasteiger partial charge in [-0.25, -0.2) is 0 Å². The number of aryl methyl sites for hydroxylation is 1. The Bertz CT molecular complexity index is 518. The van der Waals surface area contributed by atoms with E-state index in [1.165, 1.54) is 17.2 Å². The van der Waals surface area contributed by atoms with Gasteiger partial charge in [-0.2, -0.15) is 0 Å². The maximum atomic E-state index is 11.6. The number of hydrogen-bond acceptors (Lipinski definition) is 3. The molecule has 0 saturated carbocycles. The Hall–Kier alpha value is -1.77. The molecule has 1 heterocycles. The van der Waals surface area contributed by atoms with Gasteiger partial charge in [-0.1, -0.05) is 6.07 Å². The average Bonchev–Trinajstić information content (AvgIpc) is 2.37. The predicted octanol–water partition coefficient (Wildman–Crippen LogP) is 2.43. The van der Waals surface area contributed by atoms with Crippen molar-refractivity contribution in [1.29, 1.82) is 0 Å². The minimum absolute atomic E-state index is 0.160. The minimum Gasteiger partial charge on any atom is -0.497 e. The number of ketones is 1. The molecule has 1 atom stereocenters. The number of rotatable bonds is 1. The first kappa shape index (κ1) is 11.3. The molecule has 18 heavy (non-hydrogen) atoms. The van der Waals surface area contributed by atoms with Crippen LogP contribution in [0.1, 0.15) is 24.0 Å². The summed E-state index contributed by atoms with van der Waals surface area (Å²) in [6, 6.07) is 6.16. The fourth-order valence-electron chi connectivity index (χ4n) is 2.86. The van der Waals surface area contributed by atoms with Gasteiger partial charge in [-0.3, -0.25) is 4.79 Å². The van der Waals surface area contributed by atoms with Crippen molar-refractivity contribution >= 4 is 5.78 Å². The van der Waals surface area contributed by atoms with Crippen molar-refractivity contribution in [3.05, 3.63) is 41.7 Å². The summed E-state index contributed by atoms with van der Waals surface area (Å²) in [7, 11) is 1.67. The molecule has 1 aliphatic heterocycles. The van der Waals surface area contributed by atoms with E-state index in [1.807, 2.05) is 6.07 Å². The Morgan fingerprint density at radius 1 is 1.28 bits per heavy atom. The highest BCUT2D eigenvalue weighted by Crippen LogP contribution is 2.37. The number of fused-ring (bicyclic) bond motifs is 1. The molecule has 1 unspecified atom stereocenters. The van der Waals surface area contributed by atoms with E-state index in [4.69, 9.17) is 9.47 Å². The normalized spacial score (nSPS) is 25.7. The van der Waals surface area contributed by atoms with Crippen LogP contribution in [-0.4, -0.2) is 18.5 Å². The zero-order valence-corrected chi connectivity index (χ0v) is 10.4. The summed E-state index contributed by atoms with van der Waals surface area (Å²) in [6.07, 6.45) is 6.21. The molecule has 3 rings (SSSR count). The fraction of sp³-hybridized carbons (Fsp3) is 0.400. The van der Waals surface area contributed by atoms with Crippen molar-refractivity contribution in [3.63, 3.8) is 0 Å². The van der Waals surface area contributed by atoms with Crippen LogP contribution < -0.4 is 4.74 Å². The second kappa shape index (κ2) is 4.16. The van der Waals surface area contributed by atoms with Crippen LogP contribution in [-0.2, 0) is 22.4 Å². The smallest absolute Gasteiger partial charge is 0.162 e. The largest absolute Gasteiger partial charge is 0.497 e. The van der Waals surface area contributed by atoms with Crippen LogP contribution >= 0.6 is 0 Å². The molecule has 0 N–H and O–H groups in total. The lowest BCUT2D eigenvalue weighted by Crippen LogP contribution is -2.41. The predicted molar refractivity (Wildman–Crippen MR) is 67.6 cm³/mol. The van der Waals surface area contributed by atoms with Crippen LogP contribution in [0.3, 0.4) is 0 Å². The van der Waals surface area contributed by atoms with E-state index >= 15 is 0 Å². The topological polar surface area (TPSA) is 35.5 Å². The van der Waals surface area contributed by atoms with E-state index < -0.39 is 0 Å². The summed E-state index contributed by atoms with van der Waals surface area (Å²) in [5.74, 6) is 1.02. The van der Waals surface area contributed by atoms with Gasteiger partial charge >= 0.3 is 0 Å². The molecule has 0 saturated heterocycles. The molecular formula is C15H16O3. The molecule has 1 aromatic carbocycles. The summed E-state index contributed by atoms with van der Waals surface area (Å²) in [4.78, 5) is 11.6. The Labute approximate surface area is 106 Å². The van der Waals surface area contributed by atoms with Crippen LogP contribution in [0.2, 0.25) is 0 Å². The Morgan fingerprint density at radius 2 is 2.17 bits per heavy atom. The van der Waals surface area contributed by atoms with Gasteiger partial charge in [0.05, 0.1) is 19.8 Å². The number of ether oxygens (including phenoxy) is 2. The monoisotopic (exact) mass is 244 g/mol. The number of hydrogen-bond donors (Lipinski definition) is 0. The first-order valence-electron chi connectivity index (χ1n) is 6.24. The second-order valence-corrected chi connectivity index (χ2v) is 5.06. The highest BCUT2D eigenvalue weighted by atomic mass is 16.5. The molecule has 3 nitrogen and oxygen atoms in total. The lowest BCUT2D eigenvalue weighted by Gasteiger charge is -2.38. The maximum Gasteiger partial charge on any atom is 0.162 e. The molecule has 0 amide bonds. The van der Waals surface area contributed by atoms with E-state index in [1.54, 1.807) is 13.4 Å². The zero-order valence-electron chi connectivity index (χ0n) is 10.4. The summed E-state index contributed by atoms with van der Waals surface area (Å²) in [6.45, 7) is 0. The Kier molecular flexibility index (Phi) is 2.62. The molecule has 0 radical (unpaired) electrons. The van der Waals surface area contributed by atoms with Crippen LogP contribution in [0.4, 0.5) is 0 Å². The third-order valence-electron chi connectivity index (χ3n) is 3.84. The number of carbonyl (C=O) groups excluding carboxylic acids is 1. The molecule has 0 fully saturated rings. The summed E-state index contributed by atoms with van der Waals surface area (Å²) >= 11 is 0. The first-order chi connectivity index (χ1) is 8.71. The van der Waals surface area contributed by atoms with E-state index in [-0.39, 0.29) is 11.4 Å². The lowest BCUT2D eigenvalue weighted by molar-refractivity contribution is -0.123.